The molecule has 0 bridgehead atoms. The number of hydrogen-bond acceptors (Lipinski definition) is 1. The van der Waals surface area contributed by atoms with Crippen molar-refractivity contribution in [2.24, 2.45) is 0 Å². The van der Waals surface area contributed by atoms with E-state index in [4.69, 9.17) is 0 Å². The predicted octanol–water partition coefficient (Wildman–Crippen LogP) is 4.11. The standard InChI is InChI=1S/C12H21Br2NO/c13-12(14)9-7-5-3-1-2-4-6-8-10-15-11(12)16/h1-10H2,(H,15,16). The molecule has 1 heterocycles. The Balaban J connectivity index is 2.41. The first kappa shape index (κ1) is 14.5. The molecule has 0 aliphatic carbocycles. The zero-order chi connectivity index (χ0) is 11.9. The van der Waals surface area contributed by atoms with Gasteiger partial charge in [0.15, 0.2) is 3.23 Å². The van der Waals surface area contributed by atoms with Crippen molar-refractivity contribution in [3.8, 4) is 0 Å². The van der Waals surface area contributed by atoms with Crippen molar-refractivity contribution in [1.29, 1.82) is 0 Å². The number of rotatable bonds is 0. The second-order valence-electron chi connectivity index (χ2n) is 4.54. The largest absolute Gasteiger partial charge is 0.354 e. The maximum absolute atomic E-state index is 11.8. The number of nitrogens with one attached hydrogen (secondary N) is 1. The molecular formula is C12H21Br2NO. The Bertz CT molecular complexity index is 219. The molecule has 0 aromatic heterocycles. The topological polar surface area (TPSA) is 29.1 Å². The first-order chi connectivity index (χ1) is 7.63. The Labute approximate surface area is 115 Å². The van der Waals surface area contributed by atoms with E-state index in [0.717, 1.165) is 25.8 Å². The van der Waals surface area contributed by atoms with Gasteiger partial charge in [0.25, 0.3) is 0 Å². The van der Waals surface area contributed by atoms with Crippen LogP contribution in [0.3, 0.4) is 0 Å². The van der Waals surface area contributed by atoms with E-state index in [2.05, 4.69) is 37.2 Å². The van der Waals surface area contributed by atoms with Gasteiger partial charge in [0.05, 0.1) is 0 Å². The molecule has 1 fully saturated rings. The SMILES string of the molecule is O=C1NCCCCCCCCCCC1(Br)Br. The molecule has 1 aliphatic heterocycles. The van der Waals surface area contributed by atoms with Gasteiger partial charge in [-0.1, -0.05) is 76.8 Å². The summed E-state index contributed by atoms with van der Waals surface area (Å²) in [6.07, 6.45) is 10.8. The molecule has 94 valence electrons. The van der Waals surface area contributed by atoms with E-state index in [1.54, 1.807) is 0 Å². The second kappa shape index (κ2) is 7.70. The number of carbonyl (C=O) groups is 1. The third-order valence-electron chi connectivity index (χ3n) is 3.04. The minimum absolute atomic E-state index is 0.0757. The Morgan fingerprint density at radius 1 is 0.875 bits per heavy atom. The fraction of sp³-hybridized carbons (Fsp3) is 0.917. The summed E-state index contributed by atoms with van der Waals surface area (Å²) in [4.78, 5) is 11.8. The van der Waals surface area contributed by atoms with Gasteiger partial charge in [0.1, 0.15) is 0 Å². The molecule has 1 rings (SSSR count). The quantitative estimate of drug-likeness (QED) is 0.651. The summed E-state index contributed by atoms with van der Waals surface area (Å²) in [6, 6.07) is 0. The lowest BCUT2D eigenvalue weighted by Crippen LogP contribution is -2.38. The molecule has 1 saturated heterocycles. The lowest BCUT2D eigenvalue weighted by atomic mass is 10.1. The minimum atomic E-state index is -0.548. The highest BCUT2D eigenvalue weighted by molar-refractivity contribution is 9.25. The summed E-state index contributed by atoms with van der Waals surface area (Å²) < 4.78 is -0.548. The molecular weight excluding hydrogens is 334 g/mol. The zero-order valence-corrected chi connectivity index (χ0v) is 12.9. The minimum Gasteiger partial charge on any atom is -0.354 e. The number of halogens is 2. The van der Waals surface area contributed by atoms with E-state index in [1.165, 1.54) is 38.5 Å². The van der Waals surface area contributed by atoms with Crippen molar-refractivity contribution in [3.05, 3.63) is 0 Å². The summed E-state index contributed by atoms with van der Waals surface area (Å²) in [7, 11) is 0. The third kappa shape index (κ3) is 5.67. The van der Waals surface area contributed by atoms with E-state index in [9.17, 15) is 4.79 Å². The molecule has 0 aromatic carbocycles. The predicted molar refractivity (Wildman–Crippen MR) is 75.1 cm³/mol. The highest BCUT2D eigenvalue weighted by Crippen LogP contribution is 2.32. The lowest BCUT2D eigenvalue weighted by molar-refractivity contribution is -0.121. The van der Waals surface area contributed by atoms with Crippen LogP contribution in [0.25, 0.3) is 0 Å². The van der Waals surface area contributed by atoms with Crippen LogP contribution in [-0.2, 0) is 4.79 Å². The van der Waals surface area contributed by atoms with Gasteiger partial charge >= 0.3 is 0 Å². The van der Waals surface area contributed by atoms with Crippen LogP contribution in [0.1, 0.15) is 57.8 Å². The van der Waals surface area contributed by atoms with Crippen molar-refractivity contribution in [3.63, 3.8) is 0 Å². The molecule has 0 unspecified atom stereocenters. The lowest BCUT2D eigenvalue weighted by Gasteiger charge is -2.19. The molecule has 16 heavy (non-hydrogen) atoms. The van der Waals surface area contributed by atoms with Crippen LogP contribution >= 0.6 is 31.9 Å². The number of alkyl halides is 2. The molecule has 0 saturated carbocycles. The molecule has 0 aromatic rings. The highest BCUT2D eigenvalue weighted by atomic mass is 79.9. The fourth-order valence-corrected chi connectivity index (χ4v) is 2.82. The maximum atomic E-state index is 11.8. The van der Waals surface area contributed by atoms with Gasteiger partial charge in [-0.05, 0) is 12.8 Å². The summed E-state index contributed by atoms with van der Waals surface area (Å²) in [5, 5.41) is 2.98. The Morgan fingerprint density at radius 2 is 1.38 bits per heavy atom. The van der Waals surface area contributed by atoms with E-state index in [0.29, 0.717) is 0 Å². The molecule has 0 atom stereocenters. The summed E-state index contributed by atoms with van der Waals surface area (Å²) in [5.41, 5.74) is 0. The van der Waals surface area contributed by atoms with Crippen molar-refractivity contribution in [2.75, 3.05) is 6.54 Å². The fourth-order valence-electron chi connectivity index (χ4n) is 1.98. The Morgan fingerprint density at radius 3 is 2.00 bits per heavy atom. The number of carbonyl (C=O) groups excluding carboxylic acids is 1. The molecule has 1 N–H and O–H groups in total. The molecule has 1 amide bonds. The van der Waals surface area contributed by atoms with Gasteiger partial charge in [0.2, 0.25) is 5.91 Å². The van der Waals surface area contributed by atoms with E-state index < -0.39 is 3.23 Å². The maximum Gasteiger partial charge on any atom is 0.247 e. The van der Waals surface area contributed by atoms with Gasteiger partial charge in [-0.25, -0.2) is 0 Å². The molecule has 0 spiro atoms. The van der Waals surface area contributed by atoms with Crippen LogP contribution in [-0.4, -0.2) is 15.7 Å². The Hall–Kier alpha value is 0.430. The van der Waals surface area contributed by atoms with Crippen molar-refractivity contribution in [1.82, 2.24) is 5.32 Å². The van der Waals surface area contributed by atoms with Crippen LogP contribution in [0, 0.1) is 0 Å². The van der Waals surface area contributed by atoms with E-state index >= 15 is 0 Å². The van der Waals surface area contributed by atoms with Crippen molar-refractivity contribution < 1.29 is 4.79 Å². The van der Waals surface area contributed by atoms with Crippen LogP contribution < -0.4 is 5.32 Å². The highest BCUT2D eigenvalue weighted by Gasteiger charge is 2.31. The number of amides is 1. The summed E-state index contributed by atoms with van der Waals surface area (Å²) in [6.45, 7) is 0.803. The average Bonchev–Trinajstić information content (AvgIpc) is 2.25. The zero-order valence-electron chi connectivity index (χ0n) is 9.74. The van der Waals surface area contributed by atoms with Crippen molar-refractivity contribution in [2.45, 2.75) is 61.0 Å². The van der Waals surface area contributed by atoms with Crippen molar-refractivity contribution >= 4 is 37.8 Å². The first-order valence-electron chi connectivity index (χ1n) is 6.29. The van der Waals surface area contributed by atoms with E-state index in [1.807, 2.05) is 0 Å². The third-order valence-corrected chi connectivity index (χ3v) is 4.55. The van der Waals surface area contributed by atoms with Crippen LogP contribution in [0.15, 0.2) is 0 Å². The summed E-state index contributed by atoms with van der Waals surface area (Å²) >= 11 is 6.94. The van der Waals surface area contributed by atoms with Gasteiger partial charge in [-0.3, -0.25) is 4.79 Å². The molecule has 0 radical (unpaired) electrons. The average molecular weight is 355 g/mol. The van der Waals surface area contributed by atoms with E-state index in [-0.39, 0.29) is 5.91 Å². The van der Waals surface area contributed by atoms with Gasteiger partial charge in [-0.2, -0.15) is 0 Å². The molecule has 2 nitrogen and oxygen atoms in total. The van der Waals surface area contributed by atoms with Gasteiger partial charge in [-0.15, -0.1) is 0 Å². The monoisotopic (exact) mass is 353 g/mol. The van der Waals surface area contributed by atoms with Crippen LogP contribution in [0.5, 0.6) is 0 Å². The summed E-state index contributed by atoms with van der Waals surface area (Å²) in [5.74, 6) is 0.0757. The smallest absolute Gasteiger partial charge is 0.247 e. The Kier molecular flexibility index (Phi) is 6.97. The molecule has 1 aliphatic rings. The number of hydrogen-bond donors (Lipinski definition) is 1. The molecule has 4 heteroatoms. The second-order valence-corrected chi connectivity index (χ2v) is 8.31. The van der Waals surface area contributed by atoms with Gasteiger partial charge in [0, 0.05) is 6.54 Å². The van der Waals surface area contributed by atoms with Gasteiger partial charge < -0.3 is 5.32 Å². The van der Waals surface area contributed by atoms with Crippen LogP contribution in [0.4, 0.5) is 0 Å². The normalized spacial score (nSPS) is 24.8. The first-order valence-corrected chi connectivity index (χ1v) is 7.88. The van der Waals surface area contributed by atoms with Crippen LogP contribution in [0.2, 0.25) is 0 Å².